The predicted octanol–water partition coefficient (Wildman–Crippen LogP) is 1.83. The Balaban J connectivity index is 0.00000264. The number of nitrogens with zero attached hydrogens (tertiary/aromatic N) is 4. The Morgan fingerprint density at radius 3 is 2.70 bits per heavy atom. The van der Waals surface area contributed by atoms with Crippen molar-refractivity contribution in [2.75, 3.05) is 33.2 Å². The average molecular weight is 434 g/mol. The second-order valence-corrected chi connectivity index (χ2v) is 6.18. The lowest BCUT2D eigenvalue weighted by molar-refractivity contribution is 0.191. The van der Waals surface area contributed by atoms with E-state index in [1.807, 2.05) is 31.0 Å². The maximum atomic E-state index is 4.26. The van der Waals surface area contributed by atoms with Crippen molar-refractivity contribution < 1.29 is 0 Å². The van der Waals surface area contributed by atoms with Gasteiger partial charge in [-0.1, -0.05) is 6.92 Å². The molecule has 7 heteroatoms. The van der Waals surface area contributed by atoms with Gasteiger partial charge in [0.25, 0.3) is 0 Å². The smallest absolute Gasteiger partial charge is 0.191 e. The van der Waals surface area contributed by atoms with Gasteiger partial charge in [-0.05, 0) is 50.9 Å². The van der Waals surface area contributed by atoms with Crippen molar-refractivity contribution in [2.45, 2.75) is 32.7 Å². The van der Waals surface area contributed by atoms with Gasteiger partial charge in [0.2, 0.25) is 0 Å². The number of aryl methyl sites for hydroxylation is 1. The van der Waals surface area contributed by atoms with E-state index in [9.17, 15) is 0 Å². The summed E-state index contributed by atoms with van der Waals surface area (Å²) in [6.07, 6.45) is 5.66. The molecule has 23 heavy (non-hydrogen) atoms. The Bertz CT molecular complexity index is 465. The van der Waals surface area contributed by atoms with Gasteiger partial charge >= 0.3 is 0 Å². The van der Waals surface area contributed by atoms with Crippen LogP contribution in [0.15, 0.2) is 17.3 Å². The molecule has 0 bridgehead atoms. The van der Waals surface area contributed by atoms with Gasteiger partial charge in [0.15, 0.2) is 5.96 Å². The Labute approximate surface area is 157 Å². The van der Waals surface area contributed by atoms with Crippen LogP contribution in [0.4, 0.5) is 0 Å². The van der Waals surface area contributed by atoms with Crippen LogP contribution >= 0.6 is 24.0 Å². The fourth-order valence-corrected chi connectivity index (χ4v) is 2.76. The van der Waals surface area contributed by atoms with E-state index in [2.05, 4.69) is 32.5 Å². The third kappa shape index (κ3) is 7.07. The number of halogens is 1. The number of nitrogens with one attached hydrogen (secondary N) is 2. The maximum Gasteiger partial charge on any atom is 0.191 e. The van der Waals surface area contributed by atoms with E-state index >= 15 is 0 Å². The summed E-state index contributed by atoms with van der Waals surface area (Å²) in [6, 6.07) is 2.01. The molecule has 1 saturated heterocycles. The van der Waals surface area contributed by atoms with Crippen LogP contribution < -0.4 is 10.6 Å². The molecule has 1 aromatic rings. The lowest BCUT2D eigenvalue weighted by atomic mass is 9.99. The van der Waals surface area contributed by atoms with Crippen LogP contribution in [-0.4, -0.2) is 53.9 Å². The number of hydrogen-bond donors (Lipinski definition) is 2. The molecule has 6 nitrogen and oxygen atoms in total. The molecule has 1 fully saturated rings. The van der Waals surface area contributed by atoms with Gasteiger partial charge in [-0.25, -0.2) is 0 Å². The third-order valence-electron chi connectivity index (χ3n) is 4.40. The fourth-order valence-electron chi connectivity index (χ4n) is 2.76. The number of piperidine rings is 1. The van der Waals surface area contributed by atoms with Gasteiger partial charge in [-0.3, -0.25) is 9.67 Å². The Hall–Kier alpha value is -0.830. The standard InChI is InChI=1S/C16H30N6.HI/c1-14-6-11-22(12-7-14)10-4-8-18-16(17-2)19-13-15-5-9-20-21(15)3;/h5,9,14H,4,6-8,10-13H2,1-3H3,(H2,17,18,19);1H. The molecule has 0 amide bonds. The van der Waals surface area contributed by atoms with Crippen LogP contribution in [0.2, 0.25) is 0 Å². The monoisotopic (exact) mass is 434 g/mol. The number of aromatic nitrogens is 2. The SMILES string of the molecule is CN=C(NCCCN1CCC(C)CC1)NCc1ccnn1C.I. The summed E-state index contributed by atoms with van der Waals surface area (Å²) in [5.74, 6) is 1.76. The zero-order valence-electron chi connectivity index (χ0n) is 14.6. The van der Waals surface area contributed by atoms with Crippen molar-refractivity contribution >= 4 is 29.9 Å². The molecular weight excluding hydrogens is 403 g/mol. The van der Waals surface area contributed by atoms with E-state index < -0.39 is 0 Å². The summed E-state index contributed by atoms with van der Waals surface area (Å²) in [4.78, 5) is 6.84. The first-order valence-electron chi connectivity index (χ1n) is 8.33. The molecule has 0 spiro atoms. The van der Waals surface area contributed by atoms with E-state index in [1.165, 1.54) is 32.5 Å². The zero-order chi connectivity index (χ0) is 15.8. The summed E-state index contributed by atoms with van der Waals surface area (Å²) in [6.45, 7) is 7.75. The maximum absolute atomic E-state index is 4.26. The predicted molar refractivity (Wildman–Crippen MR) is 106 cm³/mol. The number of likely N-dealkylation sites (tertiary alicyclic amines) is 1. The summed E-state index contributed by atoms with van der Waals surface area (Å²) in [5, 5.41) is 10.9. The van der Waals surface area contributed by atoms with Gasteiger partial charge in [0, 0.05) is 26.8 Å². The summed E-state index contributed by atoms with van der Waals surface area (Å²) in [7, 11) is 3.76. The topological polar surface area (TPSA) is 57.5 Å². The quantitative estimate of drug-likeness (QED) is 0.311. The summed E-state index contributed by atoms with van der Waals surface area (Å²) in [5.41, 5.74) is 1.14. The Kier molecular flexibility index (Phi) is 9.54. The molecule has 0 aromatic carbocycles. The lowest BCUT2D eigenvalue weighted by Crippen LogP contribution is -2.39. The largest absolute Gasteiger partial charge is 0.356 e. The highest BCUT2D eigenvalue weighted by Gasteiger charge is 2.14. The molecule has 1 aromatic heterocycles. The van der Waals surface area contributed by atoms with Crippen LogP contribution in [0, 0.1) is 5.92 Å². The normalized spacial score (nSPS) is 16.9. The molecule has 0 saturated carbocycles. The van der Waals surface area contributed by atoms with Crippen molar-refractivity contribution in [3.8, 4) is 0 Å². The van der Waals surface area contributed by atoms with Crippen LogP contribution in [0.3, 0.4) is 0 Å². The molecule has 0 unspecified atom stereocenters. The highest BCUT2D eigenvalue weighted by atomic mass is 127. The molecule has 2 rings (SSSR count). The van der Waals surface area contributed by atoms with E-state index in [4.69, 9.17) is 0 Å². The van der Waals surface area contributed by atoms with E-state index in [1.54, 1.807) is 0 Å². The van der Waals surface area contributed by atoms with E-state index in [0.29, 0.717) is 0 Å². The first-order chi connectivity index (χ1) is 10.7. The molecule has 1 aliphatic rings. The van der Waals surface area contributed by atoms with E-state index in [0.717, 1.165) is 37.1 Å². The minimum absolute atomic E-state index is 0. The highest BCUT2D eigenvalue weighted by molar-refractivity contribution is 14.0. The van der Waals surface area contributed by atoms with Crippen LogP contribution in [0.5, 0.6) is 0 Å². The number of aliphatic imine (C=N–C) groups is 1. The Morgan fingerprint density at radius 2 is 2.09 bits per heavy atom. The second kappa shape index (κ2) is 10.9. The van der Waals surface area contributed by atoms with Crippen molar-refractivity contribution in [1.29, 1.82) is 0 Å². The molecule has 1 aliphatic heterocycles. The molecule has 0 atom stereocenters. The van der Waals surface area contributed by atoms with Crippen molar-refractivity contribution in [2.24, 2.45) is 18.0 Å². The van der Waals surface area contributed by atoms with Crippen LogP contribution in [0.25, 0.3) is 0 Å². The average Bonchev–Trinajstić information content (AvgIpc) is 2.93. The molecule has 2 N–H and O–H groups in total. The first-order valence-corrected chi connectivity index (χ1v) is 8.33. The van der Waals surface area contributed by atoms with E-state index in [-0.39, 0.29) is 24.0 Å². The number of guanidine groups is 1. The molecular formula is C16H31IN6. The van der Waals surface area contributed by atoms with Crippen molar-refractivity contribution in [1.82, 2.24) is 25.3 Å². The third-order valence-corrected chi connectivity index (χ3v) is 4.40. The first kappa shape index (κ1) is 20.2. The highest BCUT2D eigenvalue weighted by Crippen LogP contribution is 2.15. The van der Waals surface area contributed by atoms with Crippen molar-refractivity contribution in [3.63, 3.8) is 0 Å². The number of hydrogen-bond acceptors (Lipinski definition) is 3. The number of rotatable bonds is 6. The van der Waals surface area contributed by atoms with Gasteiger partial charge in [-0.2, -0.15) is 5.10 Å². The van der Waals surface area contributed by atoms with Gasteiger partial charge in [0.1, 0.15) is 0 Å². The summed E-state index contributed by atoms with van der Waals surface area (Å²) < 4.78 is 1.87. The van der Waals surface area contributed by atoms with Crippen LogP contribution in [0.1, 0.15) is 31.9 Å². The summed E-state index contributed by atoms with van der Waals surface area (Å²) >= 11 is 0. The zero-order valence-corrected chi connectivity index (χ0v) is 16.9. The molecule has 2 heterocycles. The minimum atomic E-state index is 0. The lowest BCUT2D eigenvalue weighted by Gasteiger charge is -2.30. The van der Waals surface area contributed by atoms with Crippen molar-refractivity contribution in [3.05, 3.63) is 18.0 Å². The van der Waals surface area contributed by atoms with Gasteiger partial charge in [0.05, 0.1) is 12.2 Å². The van der Waals surface area contributed by atoms with Gasteiger partial charge in [-0.15, -0.1) is 24.0 Å². The van der Waals surface area contributed by atoms with Crippen LogP contribution in [-0.2, 0) is 13.6 Å². The minimum Gasteiger partial charge on any atom is -0.356 e. The molecule has 0 aliphatic carbocycles. The molecule has 0 radical (unpaired) electrons. The second-order valence-electron chi connectivity index (χ2n) is 6.18. The van der Waals surface area contributed by atoms with Gasteiger partial charge < -0.3 is 15.5 Å². The fraction of sp³-hybridized carbons (Fsp3) is 0.750. The Morgan fingerprint density at radius 1 is 1.35 bits per heavy atom. The molecule has 132 valence electrons.